The molecule has 0 spiro atoms. The van der Waals surface area contributed by atoms with Crippen LogP contribution in [-0.2, 0) is 14.3 Å². The van der Waals surface area contributed by atoms with E-state index in [1.165, 1.54) is 12.1 Å². The van der Waals surface area contributed by atoms with E-state index in [2.05, 4.69) is 5.32 Å². The summed E-state index contributed by atoms with van der Waals surface area (Å²) in [6, 6.07) is 5.96. The number of halogens is 1. The molecule has 0 unspecified atom stereocenters. The van der Waals surface area contributed by atoms with Crippen LogP contribution in [0.3, 0.4) is 0 Å². The van der Waals surface area contributed by atoms with Gasteiger partial charge in [-0.25, -0.2) is 4.39 Å². The summed E-state index contributed by atoms with van der Waals surface area (Å²) in [6.45, 7) is 2.01. The lowest BCUT2D eigenvalue weighted by molar-refractivity contribution is -0.145. The summed E-state index contributed by atoms with van der Waals surface area (Å²) in [5.41, 5.74) is -0.900. The molecule has 1 saturated carbocycles. The summed E-state index contributed by atoms with van der Waals surface area (Å²) in [6.07, 6.45) is 1.03. The first-order valence-electron chi connectivity index (χ1n) is 7.07. The van der Waals surface area contributed by atoms with Gasteiger partial charge in [-0.3, -0.25) is 9.59 Å². The van der Waals surface area contributed by atoms with Crippen molar-refractivity contribution in [2.24, 2.45) is 5.41 Å². The molecular formula is C15H17FN2O3. The van der Waals surface area contributed by atoms with E-state index >= 15 is 0 Å². The fourth-order valence-electron chi connectivity index (χ4n) is 2.54. The minimum absolute atomic E-state index is 0.114. The van der Waals surface area contributed by atoms with Crippen LogP contribution in [0.15, 0.2) is 24.3 Å². The first kappa shape index (κ1) is 14.0. The summed E-state index contributed by atoms with van der Waals surface area (Å²) < 4.78 is 18.8. The number of nitrogens with zero attached hydrogens (tertiary/aromatic N) is 1. The minimum atomic E-state index is -1.01. The number of rotatable bonds is 3. The molecule has 0 atom stereocenters. The van der Waals surface area contributed by atoms with E-state index in [1.54, 1.807) is 17.0 Å². The second-order valence-corrected chi connectivity index (χ2v) is 5.42. The van der Waals surface area contributed by atoms with Crippen molar-refractivity contribution < 1.29 is 18.7 Å². The van der Waals surface area contributed by atoms with Gasteiger partial charge < -0.3 is 15.0 Å². The molecule has 1 aromatic carbocycles. The van der Waals surface area contributed by atoms with E-state index in [0.717, 1.165) is 0 Å². The quantitative estimate of drug-likeness (QED) is 0.857. The minimum Gasteiger partial charge on any atom is -0.378 e. The Hall–Kier alpha value is -1.95. The van der Waals surface area contributed by atoms with Crippen LogP contribution in [0.25, 0.3) is 0 Å². The van der Waals surface area contributed by atoms with E-state index in [-0.39, 0.29) is 11.6 Å². The zero-order valence-corrected chi connectivity index (χ0v) is 11.6. The zero-order valence-electron chi connectivity index (χ0n) is 11.6. The second-order valence-electron chi connectivity index (χ2n) is 5.42. The number of carbonyl (C=O) groups is 2. The number of carbonyl (C=O) groups excluding carboxylic acids is 2. The van der Waals surface area contributed by atoms with E-state index in [1.807, 2.05) is 0 Å². The molecule has 0 aromatic heterocycles. The number of para-hydroxylation sites is 1. The lowest BCUT2D eigenvalue weighted by Crippen LogP contribution is -2.47. The van der Waals surface area contributed by atoms with Crippen LogP contribution in [0, 0.1) is 11.2 Å². The fourth-order valence-corrected chi connectivity index (χ4v) is 2.54. The monoisotopic (exact) mass is 292 g/mol. The third-order valence-electron chi connectivity index (χ3n) is 4.01. The van der Waals surface area contributed by atoms with E-state index < -0.39 is 17.1 Å². The average Bonchev–Trinajstić information content (AvgIpc) is 3.31. The summed E-state index contributed by atoms with van der Waals surface area (Å²) in [4.78, 5) is 26.6. The molecule has 1 aromatic rings. The van der Waals surface area contributed by atoms with Gasteiger partial charge in [0.2, 0.25) is 11.8 Å². The maximum Gasteiger partial charge on any atom is 0.240 e. The van der Waals surface area contributed by atoms with Crippen molar-refractivity contribution in [3.8, 4) is 0 Å². The predicted octanol–water partition coefficient (Wildman–Crippen LogP) is 1.40. The topological polar surface area (TPSA) is 58.6 Å². The Balaban J connectivity index is 1.71. The molecule has 1 aliphatic carbocycles. The number of amides is 2. The number of benzene rings is 1. The molecule has 2 amide bonds. The Bertz CT molecular complexity index is 566. The third kappa shape index (κ3) is 2.63. The molecule has 2 aliphatic rings. The van der Waals surface area contributed by atoms with E-state index in [9.17, 15) is 14.0 Å². The molecule has 112 valence electrons. The largest absolute Gasteiger partial charge is 0.378 e. The van der Waals surface area contributed by atoms with Gasteiger partial charge in [-0.1, -0.05) is 12.1 Å². The van der Waals surface area contributed by atoms with Gasteiger partial charge in [0.1, 0.15) is 11.2 Å². The van der Waals surface area contributed by atoms with Crippen LogP contribution < -0.4 is 5.32 Å². The Kier molecular flexibility index (Phi) is 3.63. The van der Waals surface area contributed by atoms with Crippen molar-refractivity contribution in [2.45, 2.75) is 12.8 Å². The molecular weight excluding hydrogens is 275 g/mol. The Labute approximate surface area is 122 Å². The first-order chi connectivity index (χ1) is 10.1. The normalized spacial score (nSPS) is 20.0. The molecule has 21 heavy (non-hydrogen) atoms. The van der Waals surface area contributed by atoms with Gasteiger partial charge in [-0.2, -0.15) is 0 Å². The first-order valence-corrected chi connectivity index (χ1v) is 7.07. The summed E-state index contributed by atoms with van der Waals surface area (Å²) >= 11 is 0. The number of hydrogen-bond acceptors (Lipinski definition) is 3. The van der Waals surface area contributed by atoms with Crippen molar-refractivity contribution in [2.75, 3.05) is 31.6 Å². The fraction of sp³-hybridized carbons (Fsp3) is 0.467. The SMILES string of the molecule is O=C(Nc1ccccc1F)C1(C(=O)N2CCOCC2)CC1. The number of nitrogens with one attached hydrogen (secondary N) is 1. The van der Waals surface area contributed by atoms with E-state index in [4.69, 9.17) is 4.74 Å². The third-order valence-corrected chi connectivity index (χ3v) is 4.01. The van der Waals surface area contributed by atoms with Crippen LogP contribution in [0.2, 0.25) is 0 Å². The Morgan fingerprint density at radius 3 is 2.48 bits per heavy atom. The molecule has 1 heterocycles. The molecule has 5 nitrogen and oxygen atoms in total. The van der Waals surface area contributed by atoms with Crippen molar-refractivity contribution >= 4 is 17.5 Å². The molecule has 1 aliphatic heterocycles. The summed E-state index contributed by atoms with van der Waals surface area (Å²) in [7, 11) is 0. The maximum atomic E-state index is 13.6. The molecule has 2 fully saturated rings. The van der Waals surface area contributed by atoms with Gasteiger partial charge in [-0.15, -0.1) is 0 Å². The summed E-state index contributed by atoms with van der Waals surface area (Å²) in [5.74, 6) is -1.08. The Morgan fingerprint density at radius 1 is 1.19 bits per heavy atom. The van der Waals surface area contributed by atoms with Crippen molar-refractivity contribution in [1.82, 2.24) is 4.90 Å². The van der Waals surface area contributed by atoms with Gasteiger partial charge in [-0.05, 0) is 25.0 Å². The lowest BCUT2D eigenvalue weighted by atomic mass is 10.0. The lowest BCUT2D eigenvalue weighted by Gasteiger charge is -2.30. The van der Waals surface area contributed by atoms with Gasteiger partial charge in [0.15, 0.2) is 0 Å². The standard InChI is InChI=1S/C15H17FN2O3/c16-11-3-1-2-4-12(11)17-13(19)15(5-6-15)14(20)18-7-9-21-10-8-18/h1-4H,5-10H2,(H,17,19). The highest BCUT2D eigenvalue weighted by atomic mass is 19.1. The molecule has 3 rings (SSSR count). The van der Waals surface area contributed by atoms with Gasteiger partial charge in [0.05, 0.1) is 18.9 Å². The van der Waals surface area contributed by atoms with Gasteiger partial charge >= 0.3 is 0 Å². The number of ether oxygens (including phenoxy) is 1. The van der Waals surface area contributed by atoms with Crippen LogP contribution >= 0.6 is 0 Å². The molecule has 0 radical (unpaired) electrons. The highest BCUT2D eigenvalue weighted by Gasteiger charge is 2.58. The average molecular weight is 292 g/mol. The highest BCUT2D eigenvalue weighted by molar-refractivity contribution is 6.13. The number of anilines is 1. The molecule has 1 saturated heterocycles. The zero-order chi connectivity index (χ0) is 14.9. The van der Waals surface area contributed by atoms with Crippen molar-refractivity contribution in [1.29, 1.82) is 0 Å². The smallest absolute Gasteiger partial charge is 0.240 e. The van der Waals surface area contributed by atoms with Crippen LogP contribution in [0.5, 0.6) is 0 Å². The summed E-state index contributed by atoms with van der Waals surface area (Å²) in [5, 5.41) is 2.54. The number of morpholine rings is 1. The Morgan fingerprint density at radius 2 is 1.86 bits per heavy atom. The molecule has 6 heteroatoms. The molecule has 1 N–H and O–H groups in total. The highest BCUT2D eigenvalue weighted by Crippen LogP contribution is 2.48. The number of hydrogen-bond donors (Lipinski definition) is 1. The van der Waals surface area contributed by atoms with Crippen LogP contribution in [0.1, 0.15) is 12.8 Å². The van der Waals surface area contributed by atoms with Crippen molar-refractivity contribution in [3.05, 3.63) is 30.1 Å². The van der Waals surface area contributed by atoms with E-state index in [0.29, 0.717) is 39.1 Å². The van der Waals surface area contributed by atoms with Crippen molar-refractivity contribution in [3.63, 3.8) is 0 Å². The van der Waals surface area contributed by atoms with Crippen LogP contribution in [-0.4, -0.2) is 43.0 Å². The predicted molar refractivity (Wildman–Crippen MR) is 74.1 cm³/mol. The van der Waals surface area contributed by atoms with Crippen LogP contribution in [0.4, 0.5) is 10.1 Å². The van der Waals surface area contributed by atoms with Gasteiger partial charge in [0.25, 0.3) is 0 Å². The van der Waals surface area contributed by atoms with Gasteiger partial charge in [0, 0.05) is 13.1 Å². The molecule has 0 bridgehead atoms. The maximum absolute atomic E-state index is 13.6. The second kappa shape index (κ2) is 5.44.